The van der Waals surface area contributed by atoms with Crippen LogP contribution >= 0.6 is 12.6 Å². The van der Waals surface area contributed by atoms with Crippen molar-refractivity contribution in [2.75, 3.05) is 6.54 Å². The van der Waals surface area contributed by atoms with Crippen LogP contribution in [0.2, 0.25) is 0 Å². The Bertz CT molecular complexity index is 392. The SMILES string of the molecule is CC(S)S(=O)(=O)O.NC(N)=NCCCC(N)C(=O)O. The second-order valence-corrected chi connectivity index (χ2v) is 6.37. The van der Waals surface area contributed by atoms with E-state index in [4.69, 9.17) is 26.9 Å². The number of nitrogens with two attached hydrogens (primary N) is 3. The highest BCUT2D eigenvalue weighted by Gasteiger charge is 2.10. The van der Waals surface area contributed by atoms with Crippen LogP contribution in [0.3, 0.4) is 0 Å². The Morgan fingerprint density at radius 1 is 1.42 bits per heavy atom. The van der Waals surface area contributed by atoms with Gasteiger partial charge in [-0.1, -0.05) is 0 Å². The zero-order chi connectivity index (χ0) is 15.6. The minimum atomic E-state index is -3.88. The molecule has 0 rings (SSSR count). The maximum atomic E-state index is 10.2. The maximum absolute atomic E-state index is 10.2. The van der Waals surface area contributed by atoms with E-state index in [1.165, 1.54) is 6.92 Å². The predicted octanol–water partition coefficient (Wildman–Crippen LogP) is -1.40. The normalized spacial score (nSPS) is 13.7. The molecule has 0 aliphatic rings. The van der Waals surface area contributed by atoms with Gasteiger partial charge in [0.2, 0.25) is 0 Å². The Balaban J connectivity index is 0. The molecule has 0 aliphatic carbocycles. The third-order valence-electron chi connectivity index (χ3n) is 1.72. The second kappa shape index (κ2) is 9.83. The summed E-state index contributed by atoms with van der Waals surface area (Å²) in [5, 5.41) is 8.38. The molecule has 0 spiro atoms. The number of hydrogen-bond donors (Lipinski definition) is 6. The maximum Gasteiger partial charge on any atom is 0.320 e. The van der Waals surface area contributed by atoms with Gasteiger partial charge in [-0.25, -0.2) is 0 Å². The van der Waals surface area contributed by atoms with Gasteiger partial charge in [0, 0.05) is 6.54 Å². The minimum Gasteiger partial charge on any atom is -0.480 e. The third-order valence-corrected chi connectivity index (χ3v) is 3.38. The van der Waals surface area contributed by atoms with Gasteiger partial charge in [-0.3, -0.25) is 14.3 Å². The monoisotopic (exact) mass is 316 g/mol. The molecule has 9 nitrogen and oxygen atoms in total. The van der Waals surface area contributed by atoms with Gasteiger partial charge in [-0.2, -0.15) is 21.0 Å². The predicted molar refractivity (Wildman–Crippen MR) is 75.5 cm³/mol. The van der Waals surface area contributed by atoms with Crippen molar-refractivity contribution in [2.24, 2.45) is 22.2 Å². The van der Waals surface area contributed by atoms with Crippen LogP contribution in [0.25, 0.3) is 0 Å². The molecule has 0 aromatic carbocycles. The molecule has 0 fully saturated rings. The molecular weight excluding hydrogens is 296 g/mol. The highest BCUT2D eigenvalue weighted by Crippen LogP contribution is 1.99. The lowest BCUT2D eigenvalue weighted by Crippen LogP contribution is -2.30. The zero-order valence-corrected chi connectivity index (χ0v) is 12.1. The molecule has 0 heterocycles. The molecule has 0 saturated heterocycles. The van der Waals surface area contributed by atoms with Crippen molar-refractivity contribution in [1.82, 2.24) is 0 Å². The standard InChI is InChI=1S/C6H14N4O2.C2H6O3S2/c7-4(5(11)12)2-1-3-10-6(8)9;1-2(6)7(3,4)5/h4H,1-3,7H2,(H,11,12)(H4,8,9,10);2,6H,1H3,(H,3,4,5). The fourth-order valence-corrected chi connectivity index (χ4v) is 0.643. The first-order valence-corrected chi connectivity index (χ1v) is 7.18. The third kappa shape index (κ3) is 14.9. The van der Waals surface area contributed by atoms with Gasteiger partial charge in [-0.05, 0) is 19.8 Å². The van der Waals surface area contributed by atoms with Crippen LogP contribution in [0.4, 0.5) is 0 Å². The molecule has 2 unspecified atom stereocenters. The summed E-state index contributed by atoms with van der Waals surface area (Å²) >= 11 is 3.44. The van der Waals surface area contributed by atoms with Gasteiger partial charge in [0.15, 0.2) is 5.96 Å². The van der Waals surface area contributed by atoms with Crippen LogP contribution in [0.5, 0.6) is 0 Å². The largest absolute Gasteiger partial charge is 0.480 e. The quantitative estimate of drug-likeness (QED) is 0.114. The average Bonchev–Trinajstić information content (AvgIpc) is 2.23. The van der Waals surface area contributed by atoms with E-state index < -0.39 is 26.7 Å². The first-order valence-electron chi connectivity index (χ1n) is 5.16. The smallest absolute Gasteiger partial charge is 0.320 e. The van der Waals surface area contributed by atoms with Gasteiger partial charge < -0.3 is 22.3 Å². The number of thiol groups is 1. The summed E-state index contributed by atoms with van der Waals surface area (Å²) in [5.74, 6) is -0.987. The van der Waals surface area contributed by atoms with Crippen LogP contribution in [0.1, 0.15) is 19.8 Å². The number of guanidine groups is 1. The molecule has 0 saturated carbocycles. The van der Waals surface area contributed by atoms with Gasteiger partial charge >= 0.3 is 5.97 Å². The van der Waals surface area contributed by atoms with Crippen molar-refractivity contribution in [1.29, 1.82) is 0 Å². The van der Waals surface area contributed by atoms with Crippen LogP contribution in [-0.2, 0) is 14.9 Å². The second-order valence-electron chi connectivity index (χ2n) is 3.51. The Hall–Kier alpha value is -1.04. The number of rotatable bonds is 6. The van der Waals surface area contributed by atoms with E-state index >= 15 is 0 Å². The van der Waals surface area contributed by atoms with Crippen molar-refractivity contribution in [3.05, 3.63) is 0 Å². The number of hydrogen-bond acceptors (Lipinski definition) is 6. The number of carboxylic acids is 1. The molecule has 0 aliphatic heterocycles. The van der Waals surface area contributed by atoms with Crippen LogP contribution in [0, 0.1) is 0 Å². The number of carboxylic acid groups (broad SMARTS) is 1. The number of aliphatic carboxylic acids is 1. The molecule has 0 aromatic heterocycles. The zero-order valence-electron chi connectivity index (χ0n) is 10.4. The fourth-order valence-electron chi connectivity index (χ4n) is 0.643. The lowest BCUT2D eigenvalue weighted by Gasteiger charge is -2.03. The number of carbonyl (C=O) groups is 1. The molecule has 2 atom stereocenters. The van der Waals surface area contributed by atoms with E-state index in [1.54, 1.807) is 0 Å². The number of nitrogens with zero attached hydrogens (tertiary/aromatic N) is 1. The molecule has 0 aromatic rings. The highest BCUT2D eigenvalue weighted by molar-refractivity contribution is 8.01. The Morgan fingerprint density at radius 3 is 2.11 bits per heavy atom. The van der Waals surface area contributed by atoms with E-state index in [9.17, 15) is 13.2 Å². The average molecular weight is 316 g/mol. The summed E-state index contributed by atoms with van der Waals surface area (Å²) in [6.45, 7) is 1.70. The van der Waals surface area contributed by atoms with Crippen molar-refractivity contribution in [3.8, 4) is 0 Å². The van der Waals surface area contributed by atoms with Crippen LogP contribution in [-0.4, -0.2) is 47.2 Å². The van der Waals surface area contributed by atoms with Gasteiger partial charge in [0.05, 0.1) is 0 Å². The fraction of sp³-hybridized carbons (Fsp3) is 0.750. The van der Waals surface area contributed by atoms with Gasteiger partial charge in [0.25, 0.3) is 10.1 Å². The summed E-state index contributed by atoms with van der Waals surface area (Å²) in [7, 11) is -3.88. The van der Waals surface area contributed by atoms with E-state index in [2.05, 4.69) is 17.6 Å². The van der Waals surface area contributed by atoms with E-state index in [0.717, 1.165) is 0 Å². The molecule has 0 bridgehead atoms. The van der Waals surface area contributed by atoms with Crippen molar-refractivity contribution in [2.45, 2.75) is 30.4 Å². The molecule has 0 amide bonds. The van der Waals surface area contributed by atoms with E-state index in [1.807, 2.05) is 0 Å². The van der Waals surface area contributed by atoms with Crippen LogP contribution in [0.15, 0.2) is 4.99 Å². The lowest BCUT2D eigenvalue weighted by molar-refractivity contribution is -0.138. The van der Waals surface area contributed by atoms with Crippen molar-refractivity contribution in [3.63, 3.8) is 0 Å². The van der Waals surface area contributed by atoms with Crippen LogP contribution < -0.4 is 17.2 Å². The first kappa shape index (κ1) is 20.3. The van der Waals surface area contributed by atoms with E-state index in [0.29, 0.717) is 19.4 Å². The van der Waals surface area contributed by atoms with Gasteiger partial charge in [0.1, 0.15) is 10.6 Å². The Morgan fingerprint density at radius 2 is 1.84 bits per heavy atom. The van der Waals surface area contributed by atoms with E-state index in [-0.39, 0.29) is 5.96 Å². The summed E-state index contributed by atoms with van der Waals surface area (Å²) in [6.07, 6.45) is 0.956. The summed E-state index contributed by atoms with van der Waals surface area (Å²) in [5.41, 5.74) is 15.3. The topological polar surface area (TPSA) is 182 Å². The first-order chi connectivity index (χ1) is 8.48. The van der Waals surface area contributed by atoms with Crippen molar-refractivity contribution >= 4 is 34.7 Å². The molecule has 11 heteroatoms. The van der Waals surface area contributed by atoms with Crippen molar-refractivity contribution < 1.29 is 22.9 Å². The summed E-state index contributed by atoms with van der Waals surface area (Å²) in [4.78, 5) is 13.9. The Labute approximate surface area is 117 Å². The molecular formula is C8H20N4O5S2. The molecule has 8 N–H and O–H groups in total. The molecule has 0 radical (unpaired) electrons. The van der Waals surface area contributed by atoms with Gasteiger partial charge in [-0.15, -0.1) is 0 Å². The molecule has 19 heavy (non-hydrogen) atoms. The summed E-state index contributed by atoms with van der Waals surface area (Å²) in [6, 6.07) is -0.820. The highest BCUT2D eigenvalue weighted by atomic mass is 32.3. The lowest BCUT2D eigenvalue weighted by atomic mass is 10.2. The Kier molecular flexibility index (Phi) is 10.5. The summed E-state index contributed by atoms with van der Waals surface area (Å²) < 4.78 is 26.6. The number of aliphatic imine (C=N–C) groups is 1. The molecule has 114 valence electrons. The minimum absolute atomic E-state index is 0.0129.